The van der Waals surface area contributed by atoms with Gasteiger partial charge in [-0.2, -0.15) is 0 Å². The van der Waals surface area contributed by atoms with Crippen molar-refractivity contribution in [1.82, 2.24) is 5.32 Å². The molecule has 0 spiro atoms. The van der Waals surface area contributed by atoms with Gasteiger partial charge in [0.15, 0.2) is 5.78 Å². The molecule has 130 valence electrons. The molecule has 3 aromatic carbocycles. The number of halogens is 1. The third kappa shape index (κ3) is 5.16. The highest BCUT2D eigenvalue weighted by Crippen LogP contribution is 2.15. The molecule has 0 unspecified atom stereocenters. The summed E-state index contributed by atoms with van der Waals surface area (Å²) in [5.41, 5.74) is 3.55. The van der Waals surface area contributed by atoms with E-state index in [0.717, 1.165) is 11.1 Å². The minimum absolute atomic E-state index is 0.0288. The van der Waals surface area contributed by atoms with E-state index < -0.39 is 0 Å². The van der Waals surface area contributed by atoms with Crippen molar-refractivity contribution < 1.29 is 4.79 Å². The van der Waals surface area contributed by atoms with Crippen LogP contribution in [0.15, 0.2) is 90.5 Å². The van der Waals surface area contributed by atoms with Crippen LogP contribution in [0.2, 0.25) is 5.02 Å². The molecule has 0 amide bonds. The standard InChI is InChI=1S/C23H20ClNO/c24-22-13-11-18(12-14-22)15-21(23(26)20-9-5-2-6-10-20)17-25-16-19-7-3-1-4-8-19/h1-15,25H,16-17H2/b21-15+. The molecule has 1 N–H and O–H groups in total. The summed E-state index contributed by atoms with van der Waals surface area (Å²) in [7, 11) is 0. The minimum Gasteiger partial charge on any atom is -0.308 e. The third-order valence-electron chi connectivity index (χ3n) is 4.03. The molecule has 3 aromatic rings. The van der Waals surface area contributed by atoms with Crippen molar-refractivity contribution in [2.24, 2.45) is 0 Å². The number of nitrogens with one attached hydrogen (secondary N) is 1. The number of benzene rings is 3. The van der Waals surface area contributed by atoms with Crippen molar-refractivity contribution in [2.75, 3.05) is 6.54 Å². The topological polar surface area (TPSA) is 29.1 Å². The zero-order valence-corrected chi connectivity index (χ0v) is 15.1. The monoisotopic (exact) mass is 361 g/mol. The number of hydrogen-bond acceptors (Lipinski definition) is 2. The van der Waals surface area contributed by atoms with Crippen LogP contribution in [0.1, 0.15) is 21.5 Å². The SMILES string of the molecule is O=C(/C(=C/c1ccc(Cl)cc1)CNCc1ccccc1)c1ccccc1. The van der Waals surface area contributed by atoms with Crippen molar-refractivity contribution in [3.05, 3.63) is 112 Å². The molecule has 0 heterocycles. The lowest BCUT2D eigenvalue weighted by atomic mass is 10.0. The summed E-state index contributed by atoms with van der Waals surface area (Å²) >= 11 is 5.96. The number of carbonyl (C=O) groups excluding carboxylic acids is 1. The Kier molecular flexibility index (Phi) is 6.37. The summed E-state index contributed by atoms with van der Waals surface area (Å²) in [5, 5.41) is 4.05. The van der Waals surface area contributed by atoms with Gasteiger partial charge in [0.1, 0.15) is 0 Å². The van der Waals surface area contributed by atoms with E-state index in [-0.39, 0.29) is 5.78 Å². The van der Waals surface area contributed by atoms with Gasteiger partial charge in [0.2, 0.25) is 0 Å². The maximum atomic E-state index is 12.9. The van der Waals surface area contributed by atoms with Crippen LogP contribution in [-0.2, 0) is 6.54 Å². The fraction of sp³-hybridized carbons (Fsp3) is 0.0870. The van der Waals surface area contributed by atoms with Crippen LogP contribution >= 0.6 is 11.6 Å². The number of carbonyl (C=O) groups is 1. The maximum Gasteiger partial charge on any atom is 0.190 e. The third-order valence-corrected chi connectivity index (χ3v) is 4.28. The van der Waals surface area contributed by atoms with Crippen LogP contribution in [0.4, 0.5) is 0 Å². The first-order valence-corrected chi connectivity index (χ1v) is 8.91. The molecule has 3 heteroatoms. The van der Waals surface area contributed by atoms with Gasteiger partial charge < -0.3 is 5.32 Å². The van der Waals surface area contributed by atoms with Crippen molar-refractivity contribution in [2.45, 2.75) is 6.54 Å². The van der Waals surface area contributed by atoms with Gasteiger partial charge in [-0.15, -0.1) is 0 Å². The number of Topliss-reactive ketones (excluding diaryl/α,β-unsaturated/α-hetero) is 1. The normalized spacial score (nSPS) is 11.3. The number of rotatable bonds is 7. The molecule has 0 aliphatic rings. The van der Waals surface area contributed by atoms with Crippen LogP contribution < -0.4 is 5.32 Å². The fourth-order valence-electron chi connectivity index (χ4n) is 2.67. The van der Waals surface area contributed by atoms with Gasteiger partial charge in [0, 0.05) is 29.2 Å². The first-order valence-electron chi connectivity index (χ1n) is 8.53. The summed E-state index contributed by atoms with van der Waals surface area (Å²) in [6, 6.07) is 27.0. The summed E-state index contributed by atoms with van der Waals surface area (Å²) < 4.78 is 0. The van der Waals surface area contributed by atoms with Gasteiger partial charge in [0.25, 0.3) is 0 Å². The molecule has 0 atom stereocenters. The molecule has 0 bridgehead atoms. The number of ketones is 1. The van der Waals surface area contributed by atoms with E-state index in [4.69, 9.17) is 11.6 Å². The lowest BCUT2D eigenvalue weighted by molar-refractivity contribution is 0.103. The Balaban J connectivity index is 1.79. The molecule has 2 nitrogen and oxygen atoms in total. The molecule has 26 heavy (non-hydrogen) atoms. The van der Waals surface area contributed by atoms with Gasteiger partial charge >= 0.3 is 0 Å². The Morgan fingerprint density at radius 1 is 0.846 bits per heavy atom. The summed E-state index contributed by atoms with van der Waals surface area (Å²) in [5.74, 6) is 0.0288. The number of hydrogen-bond donors (Lipinski definition) is 1. The molecule has 3 rings (SSSR count). The van der Waals surface area contributed by atoms with E-state index in [1.54, 1.807) is 0 Å². The molecule has 0 saturated carbocycles. The fourth-order valence-corrected chi connectivity index (χ4v) is 2.80. The second kappa shape index (κ2) is 9.14. The smallest absolute Gasteiger partial charge is 0.190 e. The van der Waals surface area contributed by atoms with Gasteiger partial charge in [0.05, 0.1) is 0 Å². The maximum absolute atomic E-state index is 12.9. The average molecular weight is 362 g/mol. The van der Waals surface area contributed by atoms with Crippen molar-refractivity contribution in [3.63, 3.8) is 0 Å². The molecular formula is C23H20ClNO. The highest BCUT2D eigenvalue weighted by molar-refractivity contribution is 6.30. The van der Waals surface area contributed by atoms with E-state index in [1.807, 2.05) is 78.9 Å². The van der Waals surface area contributed by atoms with E-state index >= 15 is 0 Å². The van der Waals surface area contributed by atoms with Crippen LogP contribution in [0, 0.1) is 0 Å². The van der Waals surface area contributed by atoms with Crippen molar-refractivity contribution >= 4 is 23.5 Å². The molecule has 0 fully saturated rings. The summed E-state index contributed by atoms with van der Waals surface area (Å²) in [4.78, 5) is 12.9. The highest BCUT2D eigenvalue weighted by Gasteiger charge is 2.12. The minimum atomic E-state index is 0.0288. The lowest BCUT2D eigenvalue weighted by Gasteiger charge is -2.10. The summed E-state index contributed by atoms with van der Waals surface area (Å²) in [6.45, 7) is 1.20. The van der Waals surface area contributed by atoms with Crippen LogP contribution in [-0.4, -0.2) is 12.3 Å². The second-order valence-corrected chi connectivity index (χ2v) is 6.44. The predicted molar refractivity (Wildman–Crippen MR) is 108 cm³/mol. The molecular weight excluding hydrogens is 342 g/mol. The lowest BCUT2D eigenvalue weighted by Crippen LogP contribution is -2.21. The molecule has 0 radical (unpaired) electrons. The Labute approximate surface area is 159 Å². The first kappa shape index (κ1) is 18.1. The Morgan fingerprint density at radius 3 is 2.12 bits per heavy atom. The first-order chi connectivity index (χ1) is 12.7. The van der Waals surface area contributed by atoms with Gasteiger partial charge in [-0.3, -0.25) is 4.79 Å². The Hall–Kier alpha value is -2.68. The quantitative estimate of drug-likeness (QED) is 0.451. The van der Waals surface area contributed by atoms with Gasteiger partial charge in [-0.25, -0.2) is 0 Å². The van der Waals surface area contributed by atoms with Crippen LogP contribution in [0.3, 0.4) is 0 Å². The van der Waals surface area contributed by atoms with E-state index in [9.17, 15) is 4.79 Å². The van der Waals surface area contributed by atoms with Crippen LogP contribution in [0.25, 0.3) is 6.08 Å². The molecule has 0 saturated heterocycles. The highest BCUT2D eigenvalue weighted by atomic mass is 35.5. The van der Waals surface area contributed by atoms with E-state index in [2.05, 4.69) is 17.4 Å². The largest absolute Gasteiger partial charge is 0.308 e. The van der Waals surface area contributed by atoms with E-state index in [0.29, 0.717) is 23.7 Å². The zero-order chi connectivity index (χ0) is 18.2. The van der Waals surface area contributed by atoms with Crippen molar-refractivity contribution in [1.29, 1.82) is 0 Å². The zero-order valence-electron chi connectivity index (χ0n) is 14.4. The van der Waals surface area contributed by atoms with Crippen LogP contribution in [0.5, 0.6) is 0 Å². The summed E-state index contributed by atoms with van der Waals surface area (Å²) in [6.07, 6.45) is 1.92. The predicted octanol–water partition coefficient (Wildman–Crippen LogP) is 5.40. The van der Waals surface area contributed by atoms with Gasteiger partial charge in [-0.05, 0) is 29.3 Å². The Morgan fingerprint density at radius 2 is 1.46 bits per heavy atom. The average Bonchev–Trinajstić information content (AvgIpc) is 2.70. The van der Waals surface area contributed by atoms with Crippen molar-refractivity contribution in [3.8, 4) is 0 Å². The molecule has 0 aliphatic carbocycles. The molecule has 0 aromatic heterocycles. The Bertz CT molecular complexity index is 871. The van der Waals surface area contributed by atoms with Gasteiger partial charge in [-0.1, -0.05) is 84.4 Å². The molecule has 0 aliphatic heterocycles. The van der Waals surface area contributed by atoms with E-state index in [1.165, 1.54) is 5.56 Å². The second-order valence-electron chi connectivity index (χ2n) is 6.01.